The van der Waals surface area contributed by atoms with Crippen molar-refractivity contribution in [3.05, 3.63) is 28.0 Å². The van der Waals surface area contributed by atoms with Crippen LogP contribution in [-0.4, -0.2) is 17.0 Å². The number of carboxylic acids is 1. The molecule has 0 spiro atoms. The zero-order valence-corrected chi connectivity index (χ0v) is 9.26. The maximum Gasteiger partial charge on any atom is 0.337 e. The van der Waals surface area contributed by atoms with Gasteiger partial charge >= 0.3 is 5.97 Å². The SMILES string of the molecule is CC(=O)Nc1c(C(=O)O)ccc(Br)c1F. The highest BCUT2D eigenvalue weighted by Gasteiger charge is 2.17. The summed E-state index contributed by atoms with van der Waals surface area (Å²) < 4.78 is 13.6. The lowest BCUT2D eigenvalue weighted by Crippen LogP contribution is -2.12. The molecule has 0 heterocycles. The highest BCUT2D eigenvalue weighted by atomic mass is 79.9. The second-order valence-electron chi connectivity index (χ2n) is 2.77. The van der Waals surface area contributed by atoms with Crippen molar-refractivity contribution in [1.29, 1.82) is 0 Å². The van der Waals surface area contributed by atoms with E-state index in [1.54, 1.807) is 0 Å². The Hall–Kier alpha value is -1.43. The van der Waals surface area contributed by atoms with Crippen molar-refractivity contribution in [2.75, 3.05) is 5.32 Å². The average Bonchev–Trinajstić information content (AvgIpc) is 2.12. The normalized spacial score (nSPS) is 9.80. The number of rotatable bonds is 2. The fourth-order valence-corrected chi connectivity index (χ4v) is 1.36. The highest BCUT2D eigenvalue weighted by molar-refractivity contribution is 9.10. The van der Waals surface area contributed by atoms with E-state index in [2.05, 4.69) is 21.2 Å². The summed E-state index contributed by atoms with van der Waals surface area (Å²) in [4.78, 5) is 21.5. The summed E-state index contributed by atoms with van der Waals surface area (Å²) in [6.45, 7) is 1.17. The van der Waals surface area contributed by atoms with Crippen molar-refractivity contribution >= 4 is 33.5 Å². The number of carbonyl (C=O) groups is 2. The summed E-state index contributed by atoms with van der Waals surface area (Å²) >= 11 is 2.90. The van der Waals surface area contributed by atoms with E-state index in [1.165, 1.54) is 19.1 Å². The lowest BCUT2D eigenvalue weighted by atomic mass is 10.1. The Kier molecular flexibility index (Phi) is 3.41. The molecule has 0 atom stereocenters. The number of carbonyl (C=O) groups excluding carboxylic acids is 1. The molecule has 1 aromatic rings. The number of carboxylic acid groups (broad SMARTS) is 1. The van der Waals surface area contributed by atoms with Crippen LogP contribution in [0, 0.1) is 5.82 Å². The molecule has 1 rings (SSSR count). The van der Waals surface area contributed by atoms with E-state index in [0.29, 0.717) is 0 Å². The van der Waals surface area contributed by atoms with Gasteiger partial charge in [-0.25, -0.2) is 9.18 Å². The van der Waals surface area contributed by atoms with Crippen LogP contribution >= 0.6 is 15.9 Å². The van der Waals surface area contributed by atoms with Crippen LogP contribution in [0.5, 0.6) is 0 Å². The summed E-state index contributed by atoms with van der Waals surface area (Å²) in [6, 6.07) is 2.48. The van der Waals surface area contributed by atoms with Gasteiger partial charge in [0.2, 0.25) is 5.91 Å². The standard InChI is InChI=1S/C9H7BrFNO3/c1-4(13)12-8-5(9(14)15)2-3-6(10)7(8)11/h2-3H,1H3,(H,12,13)(H,14,15). The molecule has 80 valence electrons. The molecule has 2 N–H and O–H groups in total. The molecular weight excluding hydrogens is 269 g/mol. The third kappa shape index (κ3) is 2.53. The number of anilines is 1. The van der Waals surface area contributed by atoms with Crippen molar-refractivity contribution in [2.24, 2.45) is 0 Å². The zero-order valence-electron chi connectivity index (χ0n) is 7.67. The first-order valence-corrected chi connectivity index (χ1v) is 4.71. The Morgan fingerprint density at radius 2 is 2.07 bits per heavy atom. The van der Waals surface area contributed by atoms with Gasteiger partial charge in [-0.3, -0.25) is 4.79 Å². The van der Waals surface area contributed by atoms with Gasteiger partial charge in [0.05, 0.1) is 15.7 Å². The van der Waals surface area contributed by atoms with Gasteiger partial charge in [0, 0.05) is 6.92 Å². The summed E-state index contributed by atoms with van der Waals surface area (Å²) in [5.74, 6) is -2.63. The quantitative estimate of drug-likeness (QED) is 0.870. The van der Waals surface area contributed by atoms with Gasteiger partial charge < -0.3 is 10.4 Å². The minimum atomic E-state index is -1.30. The monoisotopic (exact) mass is 275 g/mol. The first kappa shape index (κ1) is 11.6. The second-order valence-corrected chi connectivity index (χ2v) is 3.62. The number of aromatic carboxylic acids is 1. The molecule has 0 aliphatic rings. The van der Waals surface area contributed by atoms with Gasteiger partial charge in [-0.15, -0.1) is 0 Å². The second kappa shape index (κ2) is 4.39. The lowest BCUT2D eigenvalue weighted by molar-refractivity contribution is -0.114. The Morgan fingerprint density at radius 1 is 1.47 bits per heavy atom. The van der Waals surface area contributed by atoms with Crippen LogP contribution in [0.15, 0.2) is 16.6 Å². The third-order valence-corrected chi connectivity index (χ3v) is 2.24. The maximum atomic E-state index is 13.5. The van der Waals surface area contributed by atoms with E-state index in [1.807, 2.05) is 0 Å². The molecule has 0 bridgehead atoms. The molecule has 0 radical (unpaired) electrons. The van der Waals surface area contributed by atoms with Gasteiger partial charge in [0.1, 0.15) is 0 Å². The molecule has 1 amide bonds. The van der Waals surface area contributed by atoms with Crippen LogP contribution in [0.1, 0.15) is 17.3 Å². The molecular formula is C9H7BrFNO3. The summed E-state index contributed by atoms with van der Waals surface area (Å²) in [6.07, 6.45) is 0. The van der Waals surface area contributed by atoms with Crippen molar-refractivity contribution in [3.63, 3.8) is 0 Å². The molecule has 0 aliphatic carbocycles. The van der Waals surface area contributed by atoms with Gasteiger partial charge in [0.15, 0.2) is 5.82 Å². The Balaban J connectivity index is 3.34. The van der Waals surface area contributed by atoms with E-state index >= 15 is 0 Å². The van der Waals surface area contributed by atoms with Crippen LogP contribution in [0.3, 0.4) is 0 Å². The predicted octanol–water partition coefficient (Wildman–Crippen LogP) is 2.24. The lowest BCUT2D eigenvalue weighted by Gasteiger charge is -2.08. The predicted molar refractivity (Wildman–Crippen MR) is 55.4 cm³/mol. The number of hydrogen-bond donors (Lipinski definition) is 2. The minimum Gasteiger partial charge on any atom is -0.478 e. The molecule has 0 saturated carbocycles. The molecule has 6 heteroatoms. The fraction of sp³-hybridized carbons (Fsp3) is 0.111. The highest BCUT2D eigenvalue weighted by Crippen LogP contribution is 2.27. The summed E-state index contributed by atoms with van der Waals surface area (Å²) in [5.41, 5.74) is -0.615. The third-order valence-electron chi connectivity index (χ3n) is 1.63. The van der Waals surface area contributed by atoms with E-state index in [9.17, 15) is 14.0 Å². The van der Waals surface area contributed by atoms with Crippen LogP contribution in [0.2, 0.25) is 0 Å². The van der Waals surface area contributed by atoms with Crippen molar-refractivity contribution < 1.29 is 19.1 Å². The number of hydrogen-bond acceptors (Lipinski definition) is 2. The van der Waals surface area contributed by atoms with Crippen molar-refractivity contribution in [2.45, 2.75) is 6.92 Å². The van der Waals surface area contributed by atoms with Crippen molar-refractivity contribution in [3.8, 4) is 0 Å². The Bertz CT molecular complexity index is 434. The maximum absolute atomic E-state index is 13.5. The van der Waals surface area contributed by atoms with Gasteiger partial charge in [-0.1, -0.05) is 0 Å². The molecule has 0 saturated heterocycles. The van der Waals surface area contributed by atoms with E-state index in [0.717, 1.165) is 0 Å². The first-order chi connectivity index (χ1) is 6.93. The molecule has 0 aliphatic heterocycles. The van der Waals surface area contributed by atoms with Crippen molar-refractivity contribution in [1.82, 2.24) is 0 Å². The molecule has 15 heavy (non-hydrogen) atoms. The van der Waals surface area contributed by atoms with E-state index in [-0.39, 0.29) is 15.7 Å². The number of amides is 1. The van der Waals surface area contributed by atoms with Gasteiger partial charge in [-0.2, -0.15) is 0 Å². The van der Waals surface area contributed by atoms with Gasteiger partial charge in [0.25, 0.3) is 0 Å². The van der Waals surface area contributed by atoms with Gasteiger partial charge in [-0.05, 0) is 28.1 Å². The fourth-order valence-electron chi connectivity index (χ4n) is 1.03. The van der Waals surface area contributed by atoms with Crippen LogP contribution in [0.4, 0.5) is 10.1 Å². The smallest absolute Gasteiger partial charge is 0.337 e. The number of halogens is 2. The largest absolute Gasteiger partial charge is 0.478 e. The van der Waals surface area contributed by atoms with E-state index in [4.69, 9.17) is 5.11 Å². The Morgan fingerprint density at radius 3 is 2.53 bits per heavy atom. The number of nitrogens with one attached hydrogen (secondary N) is 1. The van der Waals surface area contributed by atoms with E-state index < -0.39 is 17.7 Å². The molecule has 0 aromatic heterocycles. The number of benzene rings is 1. The van der Waals surface area contributed by atoms with Crippen LogP contribution < -0.4 is 5.32 Å². The molecule has 0 unspecified atom stereocenters. The minimum absolute atomic E-state index is 0.0938. The summed E-state index contributed by atoms with van der Waals surface area (Å²) in [7, 11) is 0. The first-order valence-electron chi connectivity index (χ1n) is 3.92. The Labute approximate surface area is 93.2 Å². The van der Waals surface area contributed by atoms with Crippen LogP contribution in [0.25, 0.3) is 0 Å². The van der Waals surface area contributed by atoms with Crippen LogP contribution in [-0.2, 0) is 4.79 Å². The zero-order chi connectivity index (χ0) is 11.6. The molecule has 0 fully saturated rings. The molecule has 1 aromatic carbocycles. The molecule has 4 nitrogen and oxygen atoms in total. The topological polar surface area (TPSA) is 66.4 Å². The average molecular weight is 276 g/mol. The summed E-state index contributed by atoms with van der Waals surface area (Å²) in [5, 5.41) is 10.9.